The second kappa shape index (κ2) is 7.46. The summed E-state index contributed by atoms with van der Waals surface area (Å²) in [4.78, 5) is 6.89. The fourth-order valence-electron chi connectivity index (χ4n) is 3.65. The van der Waals surface area contributed by atoms with Crippen LogP contribution < -0.4 is 5.32 Å². The van der Waals surface area contributed by atoms with Crippen molar-refractivity contribution in [1.29, 1.82) is 0 Å². The molecule has 1 fully saturated rings. The van der Waals surface area contributed by atoms with Crippen molar-refractivity contribution in [3.8, 4) is 0 Å². The van der Waals surface area contributed by atoms with Gasteiger partial charge in [-0.15, -0.1) is 0 Å². The first-order chi connectivity index (χ1) is 12.7. The first kappa shape index (κ1) is 17.0. The van der Waals surface area contributed by atoms with E-state index in [4.69, 9.17) is 21.9 Å². The molecule has 0 amide bonds. The summed E-state index contributed by atoms with van der Waals surface area (Å²) in [5, 5.41) is 3.99. The van der Waals surface area contributed by atoms with Crippen LogP contribution in [0.3, 0.4) is 0 Å². The van der Waals surface area contributed by atoms with Crippen LogP contribution in [0.15, 0.2) is 53.5 Å². The number of nitrogens with zero attached hydrogens (tertiary/aromatic N) is 2. The highest BCUT2D eigenvalue weighted by molar-refractivity contribution is 7.80. The van der Waals surface area contributed by atoms with E-state index in [1.54, 1.807) is 0 Å². The van der Waals surface area contributed by atoms with Gasteiger partial charge in [-0.1, -0.05) is 48.5 Å². The monoisotopic (exact) mass is 365 g/mol. The maximum Gasteiger partial charge on any atom is 0.294 e. The number of rotatable bonds is 3. The number of ether oxygens (including phenoxy) is 1. The second-order valence-corrected chi connectivity index (χ2v) is 7.14. The number of hydrogen-bond donors (Lipinski definition) is 1. The molecule has 2 aromatic rings. The topological polar surface area (TPSA) is 36.9 Å². The second-order valence-electron chi connectivity index (χ2n) is 6.75. The number of fused-ring (bicyclic) bond motifs is 1. The van der Waals surface area contributed by atoms with Gasteiger partial charge in [0, 0.05) is 6.54 Å². The molecular formula is C21H23N3OS. The highest BCUT2D eigenvalue weighted by Crippen LogP contribution is 2.36. The predicted octanol–water partition coefficient (Wildman–Crippen LogP) is 3.75. The third kappa shape index (κ3) is 3.44. The van der Waals surface area contributed by atoms with Crippen LogP contribution in [0.25, 0.3) is 0 Å². The maximum atomic E-state index is 5.79. The molecule has 1 aliphatic carbocycles. The molecule has 1 aliphatic heterocycles. The number of benzene rings is 2. The summed E-state index contributed by atoms with van der Waals surface area (Å²) in [6.07, 6.45) is 2.12. The van der Waals surface area contributed by atoms with E-state index in [0.717, 1.165) is 19.4 Å². The lowest BCUT2D eigenvalue weighted by molar-refractivity contribution is 0.348. The van der Waals surface area contributed by atoms with Gasteiger partial charge in [0.15, 0.2) is 5.11 Å². The van der Waals surface area contributed by atoms with Crippen LogP contribution in [0.4, 0.5) is 0 Å². The Hall–Kier alpha value is -2.40. The Bertz CT molecular complexity index is 834. The van der Waals surface area contributed by atoms with Gasteiger partial charge in [0.1, 0.15) is 6.61 Å². The summed E-state index contributed by atoms with van der Waals surface area (Å²) in [5.41, 5.74) is 5.33. The minimum atomic E-state index is 0.164. The molecule has 0 radical (unpaired) electrons. The van der Waals surface area contributed by atoms with Crippen LogP contribution in [-0.2, 0) is 17.7 Å². The molecule has 1 saturated heterocycles. The molecule has 0 aromatic heterocycles. The minimum absolute atomic E-state index is 0.164. The van der Waals surface area contributed by atoms with Crippen molar-refractivity contribution in [2.75, 3.05) is 13.2 Å². The van der Waals surface area contributed by atoms with Crippen LogP contribution in [0.1, 0.15) is 34.7 Å². The molecule has 2 aromatic carbocycles. The Morgan fingerprint density at radius 3 is 2.92 bits per heavy atom. The molecule has 1 N–H and O–H groups in total. The molecular weight excluding hydrogens is 342 g/mol. The lowest BCUT2D eigenvalue weighted by Gasteiger charge is -2.19. The summed E-state index contributed by atoms with van der Waals surface area (Å²) < 4.78 is 5.79. The average Bonchev–Trinajstić information content (AvgIpc) is 3.29. The van der Waals surface area contributed by atoms with Crippen molar-refractivity contribution in [2.24, 2.45) is 4.99 Å². The maximum absolute atomic E-state index is 5.79. The fraction of sp³-hybridized carbons (Fsp3) is 0.333. The van der Waals surface area contributed by atoms with Crippen LogP contribution in [0.2, 0.25) is 0 Å². The molecule has 2 aliphatic rings. The van der Waals surface area contributed by atoms with Gasteiger partial charge < -0.3 is 10.1 Å². The number of thiocarbonyl (C=S) groups is 1. The van der Waals surface area contributed by atoms with Gasteiger partial charge in [-0.05, 0) is 54.2 Å². The van der Waals surface area contributed by atoms with Gasteiger partial charge in [-0.2, -0.15) is 0 Å². The molecule has 4 nitrogen and oxygen atoms in total. The summed E-state index contributed by atoms with van der Waals surface area (Å²) in [6, 6.07) is 17.5. The Balaban J connectivity index is 1.46. The number of amidine groups is 1. The molecule has 4 rings (SSSR count). The molecule has 1 atom stereocenters. The van der Waals surface area contributed by atoms with E-state index in [0.29, 0.717) is 24.3 Å². The summed E-state index contributed by atoms with van der Waals surface area (Å²) in [7, 11) is 0. The van der Waals surface area contributed by atoms with Gasteiger partial charge >= 0.3 is 0 Å². The summed E-state index contributed by atoms with van der Waals surface area (Å²) in [5.74, 6) is 0. The number of hydrogen-bond acceptors (Lipinski definition) is 3. The number of aliphatic imine (C=N–C) groups is 1. The van der Waals surface area contributed by atoms with Gasteiger partial charge in [0.05, 0.1) is 12.6 Å². The molecule has 0 spiro atoms. The number of nitrogens with one attached hydrogen (secondary N) is 1. The Morgan fingerprint density at radius 2 is 2.08 bits per heavy atom. The quantitative estimate of drug-likeness (QED) is 0.841. The Kier molecular flexibility index (Phi) is 4.89. The number of aryl methyl sites for hydroxylation is 1. The average molecular weight is 366 g/mol. The van der Waals surface area contributed by atoms with Crippen molar-refractivity contribution in [1.82, 2.24) is 10.2 Å². The largest absolute Gasteiger partial charge is 0.463 e. The van der Waals surface area contributed by atoms with Crippen molar-refractivity contribution >= 4 is 23.4 Å². The first-order valence-corrected chi connectivity index (χ1v) is 9.51. The van der Waals surface area contributed by atoms with Crippen LogP contribution >= 0.6 is 12.2 Å². The Morgan fingerprint density at radius 1 is 1.23 bits per heavy atom. The lowest BCUT2D eigenvalue weighted by atomic mass is 10.0. The van der Waals surface area contributed by atoms with E-state index >= 15 is 0 Å². The zero-order valence-corrected chi connectivity index (χ0v) is 15.8. The normalized spacial score (nSPS) is 20.1. The van der Waals surface area contributed by atoms with Crippen molar-refractivity contribution in [3.63, 3.8) is 0 Å². The lowest BCUT2D eigenvalue weighted by Crippen LogP contribution is -2.40. The van der Waals surface area contributed by atoms with Crippen LogP contribution in [0, 0.1) is 6.92 Å². The van der Waals surface area contributed by atoms with E-state index in [1.165, 1.54) is 22.3 Å². The zero-order valence-electron chi connectivity index (χ0n) is 14.9. The van der Waals surface area contributed by atoms with Gasteiger partial charge in [-0.25, -0.2) is 4.99 Å². The fourth-order valence-corrected chi connectivity index (χ4v) is 3.89. The van der Waals surface area contributed by atoms with Gasteiger partial charge in [-0.3, -0.25) is 4.90 Å². The third-order valence-electron chi connectivity index (χ3n) is 5.05. The van der Waals surface area contributed by atoms with Crippen molar-refractivity contribution < 1.29 is 4.74 Å². The van der Waals surface area contributed by atoms with Crippen LogP contribution in [-0.4, -0.2) is 29.2 Å². The molecule has 1 unspecified atom stereocenters. The predicted molar refractivity (Wildman–Crippen MR) is 108 cm³/mol. The van der Waals surface area contributed by atoms with Crippen molar-refractivity contribution in [3.05, 3.63) is 70.8 Å². The van der Waals surface area contributed by atoms with E-state index in [9.17, 15) is 0 Å². The molecule has 1 heterocycles. The van der Waals surface area contributed by atoms with Crippen molar-refractivity contribution in [2.45, 2.75) is 32.4 Å². The standard InChI is InChI=1S/C21H23N3OS/c1-15-6-5-9-18-17(15)10-11-19(18)23-20-24(12-13-25-20)21(26)22-14-16-7-3-2-4-8-16/h2-9,19H,10-14H2,1H3,(H,22,26). The van der Waals surface area contributed by atoms with E-state index < -0.39 is 0 Å². The highest BCUT2D eigenvalue weighted by atomic mass is 32.1. The third-order valence-corrected chi connectivity index (χ3v) is 5.41. The SMILES string of the molecule is Cc1cccc2c1CCC2N=C1OCCN1C(=S)NCc1ccccc1. The minimum Gasteiger partial charge on any atom is -0.463 e. The first-order valence-electron chi connectivity index (χ1n) is 9.10. The molecule has 26 heavy (non-hydrogen) atoms. The zero-order chi connectivity index (χ0) is 17.9. The van der Waals surface area contributed by atoms with Gasteiger partial charge in [0.25, 0.3) is 6.02 Å². The molecule has 134 valence electrons. The molecule has 0 saturated carbocycles. The Labute approximate surface area is 159 Å². The molecule has 5 heteroatoms. The molecule has 0 bridgehead atoms. The summed E-state index contributed by atoms with van der Waals surface area (Å²) >= 11 is 5.58. The van der Waals surface area contributed by atoms with Crippen LogP contribution in [0.5, 0.6) is 0 Å². The van der Waals surface area contributed by atoms with E-state index in [-0.39, 0.29) is 6.04 Å². The summed E-state index contributed by atoms with van der Waals surface area (Å²) in [6.45, 7) is 4.25. The smallest absolute Gasteiger partial charge is 0.294 e. The van der Waals surface area contributed by atoms with E-state index in [1.807, 2.05) is 23.1 Å². The van der Waals surface area contributed by atoms with E-state index in [2.05, 4.69) is 42.6 Å². The van der Waals surface area contributed by atoms with Gasteiger partial charge in [0.2, 0.25) is 0 Å². The highest BCUT2D eigenvalue weighted by Gasteiger charge is 2.29.